The fraction of sp³-hybridized carbons (Fsp3) is 0.200. The molecule has 0 N–H and O–H groups in total. The van der Waals surface area contributed by atoms with Gasteiger partial charge in [0.05, 0.1) is 28.7 Å². The number of thioether (sulfide) groups is 1. The molecule has 3 aromatic rings. The molecular weight excluding hydrogens is 550 g/mol. The highest BCUT2D eigenvalue weighted by atomic mass is 35.5. The molecule has 0 aliphatic carbocycles. The summed E-state index contributed by atoms with van der Waals surface area (Å²) in [7, 11) is 1.46. The molecule has 0 unspecified atom stereocenters. The number of nitriles is 1. The molecule has 0 bridgehead atoms. The number of benzene rings is 3. The zero-order valence-corrected chi connectivity index (χ0v) is 23.1. The number of carbonyl (C=O) groups is 3. The molecule has 40 heavy (non-hydrogen) atoms. The maximum absolute atomic E-state index is 13.1. The average molecular weight is 574 g/mol. The van der Waals surface area contributed by atoms with Crippen LogP contribution in [0.25, 0.3) is 6.08 Å². The Bertz CT molecular complexity index is 1580. The number of amides is 3. The van der Waals surface area contributed by atoms with E-state index in [1.807, 2.05) is 30.3 Å². The fourth-order valence-corrected chi connectivity index (χ4v) is 5.71. The molecule has 202 valence electrons. The lowest BCUT2D eigenvalue weighted by Gasteiger charge is -2.29. The van der Waals surface area contributed by atoms with Crippen LogP contribution < -0.4 is 9.47 Å². The second kappa shape index (κ2) is 11.9. The molecule has 0 atom stereocenters. The van der Waals surface area contributed by atoms with Crippen LogP contribution in [0.3, 0.4) is 0 Å². The third-order valence-electron chi connectivity index (χ3n) is 6.71. The first-order chi connectivity index (χ1) is 19.4. The topological polar surface area (TPSA) is 99.9 Å². The molecule has 0 radical (unpaired) electrons. The van der Waals surface area contributed by atoms with Gasteiger partial charge in [0.25, 0.3) is 11.1 Å². The summed E-state index contributed by atoms with van der Waals surface area (Å²) in [5, 5.41) is 9.04. The van der Waals surface area contributed by atoms with E-state index < -0.39 is 11.1 Å². The van der Waals surface area contributed by atoms with Crippen molar-refractivity contribution < 1.29 is 23.9 Å². The van der Waals surface area contributed by atoms with E-state index in [4.69, 9.17) is 21.1 Å². The number of hydrogen-bond donors (Lipinski definition) is 0. The van der Waals surface area contributed by atoms with Gasteiger partial charge in [-0.15, -0.1) is 0 Å². The summed E-state index contributed by atoms with van der Waals surface area (Å²) in [4.78, 5) is 41.6. The van der Waals surface area contributed by atoms with Crippen molar-refractivity contribution in [2.45, 2.75) is 19.6 Å². The summed E-state index contributed by atoms with van der Waals surface area (Å²) in [6.45, 7) is 0.784. The minimum absolute atomic E-state index is 0.106. The van der Waals surface area contributed by atoms with E-state index in [1.165, 1.54) is 18.7 Å². The van der Waals surface area contributed by atoms with Crippen LogP contribution in [0.1, 0.15) is 27.8 Å². The molecular formula is C30H24ClN3O5S. The van der Waals surface area contributed by atoms with Crippen LogP contribution >= 0.6 is 23.4 Å². The number of methoxy groups -OCH3 is 1. The van der Waals surface area contributed by atoms with Crippen LogP contribution in [0.4, 0.5) is 4.79 Å². The number of rotatable bonds is 7. The molecule has 0 spiro atoms. The van der Waals surface area contributed by atoms with Crippen LogP contribution in [0.5, 0.6) is 11.5 Å². The third kappa shape index (κ3) is 5.69. The van der Waals surface area contributed by atoms with Crippen molar-refractivity contribution in [1.29, 1.82) is 5.26 Å². The second-order valence-corrected chi connectivity index (χ2v) is 10.6. The Balaban J connectivity index is 1.29. The summed E-state index contributed by atoms with van der Waals surface area (Å²) < 4.78 is 11.4. The van der Waals surface area contributed by atoms with Crippen LogP contribution in [0.15, 0.2) is 65.6 Å². The molecule has 3 amide bonds. The molecule has 2 aliphatic heterocycles. The van der Waals surface area contributed by atoms with Gasteiger partial charge in [0.2, 0.25) is 5.91 Å². The lowest BCUT2D eigenvalue weighted by molar-refractivity contribution is -0.136. The van der Waals surface area contributed by atoms with Crippen molar-refractivity contribution in [1.82, 2.24) is 9.80 Å². The van der Waals surface area contributed by atoms with Gasteiger partial charge in [-0.25, -0.2) is 0 Å². The van der Waals surface area contributed by atoms with E-state index >= 15 is 0 Å². The van der Waals surface area contributed by atoms with Crippen molar-refractivity contribution >= 4 is 46.5 Å². The Morgan fingerprint density at radius 2 is 1.88 bits per heavy atom. The number of imide groups is 1. The number of hydrogen-bond acceptors (Lipinski definition) is 7. The van der Waals surface area contributed by atoms with Gasteiger partial charge in [0.15, 0.2) is 11.5 Å². The van der Waals surface area contributed by atoms with Crippen molar-refractivity contribution in [2.75, 3.05) is 20.2 Å². The Hall–Kier alpha value is -4.26. The lowest BCUT2D eigenvalue weighted by Crippen LogP contribution is -2.44. The van der Waals surface area contributed by atoms with Gasteiger partial charge in [-0.05, 0) is 59.1 Å². The van der Waals surface area contributed by atoms with E-state index in [1.54, 1.807) is 35.2 Å². The molecule has 0 saturated carbocycles. The molecule has 0 aromatic heterocycles. The minimum atomic E-state index is -0.538. The number of nitrogens with zero attached hydrogens (tertiary/aromatic N) is 3. The number of halogens is 1. The average Bonchev–Trinajstić information content (AvgIpc) is 3.23. The molecule has 10 heteroatoms. The Morgan fingerprint density at radius 3 is 2.65 bits per heavy atom. The van der Waals surface area contributed by atoms with Crippen LogP contribution in [-0.2, 0) is 29.2 Å². The van der Waals surface area contributed by atoms with E-state index in [9.17, 15) is 19.6 Å². The van der Waals surface area contributed by atoms with Gasteiger partial charge in [0.1, 0.15) is 13.2 Å². The quantitative estimate of drug-likeness (QED) is 0.348. The maximum Gasteiger partial charge on any atom is 0.294 e. The van der Waals surface area contributed by atoms with Gasteiger partial charge in [-0.2, -0.15) is 5.26 Å². The van der Waals surface area contributed by atoms with Gasteiger partial charge < -0.3 is 14.4 Å². The van der Waals surface area contributed by atoms with Gasteiger partial charge in [-0.1, -0.05) is 54.1 Å². The zero-order chi connectivity index (χ0) is 28.2. The van der Waals surface area contributed by atoms with Crippen LogP contribution in [0, 0.1) is 11.3 Å². The summed E-state index contributed by atoms with van der Waals surface area (Å²) in [6, 6.07) is 20.4. The van der Waals surface area contributed by atoms with Gasteiger partial charge >= 0.3 is 0 Å². The smallest absolute Gasteiger partial charge is 0.294 e. The summed E-state index contributed by atoms with van der Waals surface area (Å²) >= 11 is 7.28. The molecule has 2 heterocycles. The van der Waals surface area contributed by atoms with Gasteiger partial charge in [0, 0.05) is 18.7 Å². The second-order valence-electron chi connectivity index (χ2n) is 9.19. The number of fused-ring (bicyclic) bond motifs is 1. The fourth-order valence-electron chi connectivity index (χ4n) is 4.60. The minimum Gasteiger partial charge on any atom is -0.493 e. The normalized spacial score (nSPS) is 15.7. The number of ether oxygens (including phenoxy) is 2. The SMILES string of the molecule is COc1cc(/C=C2\SC(=O)N(CC(=O)N3CCc4ccccc4C3)C2=O)cc(Cl)c1OCc1ccccc1C#N. The molecule has 2 aliphatic rings. The standard InChI is InChI=1S/C30H24ClN3O5S/c1-38-25-13-19(12-24(31)28(25)39-18-23-9-5-3-7-21(23)15-32)14-26-29(36)34(30(37)40-26)17-27(35)33-11-10-20-6-2-4-8-22(20)16-33/h2-9,12-14H,10-11,16-18H2,1H3/b26-14-. The summed E-state index contributed by atoms with van der Waals surface area (Å²) in [6.07, 6.45) is 2.27. The number of carbonyl (C=O) groups excluding carboxylic acids is 3. The van der Waals surface area contributed by atoms with Crippen molar-refractivity contribution in [3.63, 3.8) is 0 Å². The largest absolute Gasteiger partial charge is 0.493 e. The monoisotopic (exact) mass is 573 g/mol. The predicted molar refractivity (Wildman–Crippen MR) is 152 cm³/mol. The highest BCUT2D eigenvalue weighted by Gasteiger charge is 2.37. The van der Waals surface area contributed by atoms with Crippen LogP contribution in [-0.4, -0.2) is 47.1 Å². The highest BCUT2D eigenvalue weighted by molar-refractivity contribution is 8.18. The van der Waals surface area contributed by atoms with Gasteiger partial charge in [-0.3, -0.25) is 19.3 Å². The summed E-state index contributed by atoms with van der Waals surface area (Å²) in [5.74, 6) is -0.199. The molecule has 3 aromatic carbocycles. The molecule has 1 saturated heterocycles. The first-order valence-electron chi connectivity index (χ1n) is 12.5. The van der Waals surface area contributed by atoms with E-state index in [2.05, 4.69) is 6.07 Å². The first kappa shape index (κ1) is 27.3. The lowest BCUT2D eigenvalue weighted by atomic mass is 10.00. The Labute approximate surface area is 240 Å². The Kier molecular flexibility index (Phi) is 8.10. The summed E-state index contributed by atoms with van der Waals surface area (Å²) in [5.41, 5.74) is 4.00. The molecule has 5 rings (SSSR count). The maximum atomic E-state index is 13.1. The Morgan fingerprint density at radius 1 is 1.12 bits per heavy atom. The highest BCUT2D eigenvalue weighted by Crippen LogP contribution is 2.39. The molecule has 1 fully saturated rings. The van der Waals surface area contributed by atoms with E-state index in [0.29, 0.717) is 35.5 Å². The van der Waals surface area contributed by atoms with Crippen LogP contribution in [0.2, 0.25) is 5.02 Å². The zero-order valence-electron chi connectivity index (χ0n) is 21.6. The van der Waals surface area contributed by atoms with Crippen molar-refractivity contribution in [3.8, 4) is 17.6 Å². The predicted octanol–water partition coefficient (Wildman–Crippen LogP) is 5.42. The first-order valence-corrected chi connectivity index (χ1v) is 13.7. The molecule has 8 nitrogen and oxygen atoms in total. The van der Waals surface area contributed by atoms with Crippen molar-refractivity contribution in [2.24, 2.45) is 0 Å². The third-order valence-corrected chi connectivity index (χ3v) is 7.90. The van der Waals surface area contributed by atoms with E-state index in [0.717, 1.165) is 28.6 Å². The van der Waals surface area contributed by atoms with Crippen molar-refractivity contribution in [3.05, 3.63) is 98.4 Å². The van der Waals surface area contributed by atoms with E-state index in [-0.39, 0.29) is 34.7 Å².